The van der Waals surface area contributed by atoms with Crippen molar-refractivity contribution in [1.82, 2.24) is 9.29 Å². The van der Waals surface area contributed by atoms with E-state index in [0.717, 1.165) is 12.0 Å². The molecule has 0 aliphatic rings. The fraction of sp³-hybridized carbons (Fsp3) is 0.583. The van der Waals surface area contributed by atoms with Gasteiger partial charge in [-0.3, -0.25) is 4.98 Å². The number of sulfonamides is 1. The first-order valence-corrected chi connectivity index (χ1v) is 7.68. The van der Waals surface area contributed by atoms with Gasteiger partial charge in [-0.15, -0.1) is 0 Å². The summed E-state index contributed by atoms with van der Waals surface area (Å²) < 4.78 is 25.5. The molecule has 1 aromatic rings. The molecule has 0 spiro atoms. The molecule has 1 aromatic heterocycles. The second-order valence-electron chi connectivity index (χ2n) is 4.09. The summed E-state index contributed by atoms with van der Waals surface area (Å²) >= 11 is 0. The lowest BCUT2D eigenvalue weighted by Crippen LogP contribution is -2.34. The van der Waals surface area contributed by atoms with Crippen molar-refractivity contribution in [3.63, 3.8) is 0 Å². The lowest BCUT2D eigenvalue weighted by Gasteiger charge is -2.21. The number of hydrogen-bond donors (Lipinski definition) is 1. The lowest BCUT2D eigenvalue weighted by molar-refractivity contribution is 0.251. The van der Waals surface area contributed by atoms with E-state index in [-0.39, 0.29) is 25.4 Å². The Morgan fingerprint density at radius 3 is 2.78 bits per heavy atom. The maximum absolute atomic E-state index is 12.1. The minimum absolute atomic E-state index is 0.126. The Balaban J connectivity index is 2.76. The average molecular weight is 272 g/mol. The molecule has 18 heavy (non-hydrogen) atoms. The Kier molecular flexibility index (Phi) is 6.24. The summed E-state index contributed by atoms with van der Waals surface area (Å²) in [6.07, 6.45) is 4.75. The average Bonchev–Trinajstić information content (AvgIpc) is 2.37. The molecule has 0 amide bonds. The highest BCUT2D eigenvalue weighted by Gasteiger charge is 2.21. The van der Waals surface area contributed by atoms with Gasteiger partial charge in [0.2, 0.25) is 10.0 Å². The third-order valence-corrected chi connectivity index (χ3v) is 4.48. The van der Waals surface area contributed by atoms with Crippen LogP contribution in [0.1, 0.15) is 25.3 Å². The molecular formula is C12H20N2O3S. The standard InChI is InChI=1S/C12H20N2O3S/c1-2-3-9-18(16,17)14(7-8-15)11-12-5-4-6-13-10-12/h4-6,10,15H,2-3,7-9,11H2,1H3. The van der Waals surface area contributed by atoms with Gasteiger partial charge in [-0.05, 0) is 18.1 Å². The topological polar surface area (TPSA) is 70.5 Å². The van der Waals surface area contributed by atoms with Crippen molar-refractivity contribution in [3.05, 3.63) is 30.1 Å². The maximum atomic E-state index is 12.1. The van der Waals surface area contributed by atoms with Crippen LogP contribution in [0, 0.1) is 0 Å². The van der Waals surface area contributed by atoms with Crippen LogP contribution < -0.4 is 0 Å². The normalized spacial score (nSPS) is 11.9. The molecule has 0 unspecified atom stereocenters. The number of hydrogen-bond acceptors (Lipinski definition) is 4. The number of aliphatic hydroxyl groups excluding tert-OH is 1. The zero-order valence-corrected chi connectivity index (χ0v) is 11.4. The molecule has 6 heteroatoms. The quantitative estimate of drug-likeness (QED) is 0.766. The summed E-state index contributed by atoms with van der Waals surface area (Å²) in [6, 6.07) is 3.60. The van der Waals surface area contributed by atoms with Crippen LogP contribution in [0.25, 0.3) is 0 Å². The summed E-state index contributed by atoms with van der Waals surface area (Å²) in [6.45, 7) is 2.17. The predicted octanol–water partition coefficient (Wildman–Crippen LogP) is 1.01. The van der Waals surface area contributed by atoms with E-state index in [1.165, 1.54) is 4.31 Å². The van der Waals surface area contributed by atoms with Crippen LogP contribution in [0.2, 0.25) is 0 Å². The summed E-state index contributed by atoms with van der Waals surface area (Å²) in [7, 11) is -3.30. The molecule has 0 fully saturated rings. The van der Waals surface area contributed by atoms with Crippen molar-refractivity contribution in [2.75, 3.05) is 18.9 Å². The molecule has 1 heterocycles. The van der Waals surface area contributed by atoms with Gasteiger partial charge in [0.05, 0.1) is 12.4 Å². The minimum Gasteiger partial charge on any atom is -0.395 e. The first kappa shape index (κ1) is 15.1. The van der Waals surface area contributed by atoms with Crippen LogP contribution in [0.15, 0.2) is 24.5 Å². The summed E-state index contributed by atoms with van der Waals surface area (Å²) in [5, 5.41) is 8.98. The van der Waals surface area contributed by atoms with E-state index in [1.54, 1.807) is 18.5 Å². The van der Waals surface area contributed by atoms with E-state index < -0.39 is 10.0 Å². The Morgan fingerprint density at radius 1 is 1.44 bits per heavy atom. The van der Waals surface area contributed by atoms with Crippen molar-refractivity contribution in [1.29, 1.82) is 0 Å². The molecule has 0 aliphatic heterocycles. The number of aliphatic hydroxyl groups is 1. The van der Waals surface area contributed by atoms with E-state index in [2.05, 4.69) is 4.98 Å². The molecule has 1 rings (SSSR count). The highest BCUT2D eigenvalue weighted by atomic mass is 32.2. The number of pyridine rings is 1. The molecule has 0 atom stereocenters. The number of rotatable bonds is 8. The van der Waals surface area contributed by atoms with Crippen LogP contribution in [0.3, 0.4) is 0 Å². The number of unbranched alkanes of at least 4 members (excludes halogenated alkanes) is 1. The van der Waals surface area contributed by atoms with Gasteiger partial charge >= 0.3 is 0 Å². The fourth-order valence-corrected chi connectivity index (χ4v) is 3.20. The molecule has 0 bridgehead atoms. The molecule has 5 nitrogen and oxygen atoms in total. The highest BCUT2D eigenvalue weighted by molar-refractivity contribution is 7.89. The van der Waals surface area contributed by atoms with Gasteiger partial charge in [0.15, 0.2) is 0 Å². The van der Waals surface area contributed by atoms with Crippen LogP contribution in [-0.4, -0.2) is 41.7 Å². The van der Waals surface area contributed by atoms with Crippen LogP contribution >= 0.6 is 0 Å². The van der Waals surface area contributed by atoms with Gasteiger partial charge in [-0.2, -0.15) is 4.31 Å². The van der Waals surface area contributed by atoms with Crippen molar-refractivity contribution in [2.24, 2.45) is 0 Å². The van der Waals surface area contributed by atoms with Crippen LogP contribution in [-0.2, 0) is 16.6 Å². The molecular weight excluding hydrogens is 252 g/mol. The SMILES string of the molecule is CCCCS(=O)(=O)N(CCO)Cc1cccnc1. The van der Waals surface area contributed by atoms with Crippen molar-refractivity contribution < 1.29 is 13.5 Å². The van der Waals surface area contributed by atoms with E-state index in [0.29, 0.717) is 6.42 Å². The largest absolute Gasteiger partial charge is 0.395 e. The number of aromatic nitrogens is 1. The van der Waals surface area contributed by atoms with Crippen LogP contribution in [0.4, 0.5) is 0 Å². The van der Waals surface area contributed by atoms with Crippen molar-refractivity contribution in [2.45, 2.75) is 26.3 Å². The predicted molar refractivity (Wildman–Crippen MR) is 70.4 cm³/mol. The molecule has 1 N–H and O–H groups in total. The molecule has 0 aliphatic carbocycles. The molecule has 0 saturated carbocycles. The first-order chi connectivity index (χ1) is 8.60. The van der Waals surface area contributed by atoms with Crippen molar-refractivity contribution in [3.8, 4) is 0 Å². The van der Waals surface area contributed by atoms with Gasteiger partial charge in [0.25, 0.3) is 0 Å². The molecule has 102 valence electrons. The van der Waals surface area contributed by atoms with Gasteiger partial charge in [0.1, 0.15) is 0 Å². The second kappa shape index (κ2) is 7.45. The zero-order valence-electron chi connectivity index (χ0n) is 10.6. The van der Waals surface area contributed by atoms with E-state index in [9.17, 15) is 8.42 Å². The van der Waals surface area contributed by atoms with Gasteiger partial charge < -0.3 is 5.11 Å². The first-order valence-electron chi connectivity index (χ1n) is 6.07. The fourth-order valence-electron chi connectivity index (χ4n) is 1.58. The van der Waals surface area contributed by atoms with Crippen molar-refractivity contribution >= 4 is 10.0 Å². The summed E-state index contributed by atoms with van der Waals surface area (Å²) in [5.41, 5.74) is 0.825. The Morgan fingerprint density at radius 2 is 2.22 bits per heavy atom. The second-order valence-corrected chi connectivity index (χ2v) is 6.18. The Bertz CT molecular complexity index is 434. The smallest absolute Gasteiger partial charge is 0.214 e. The maximum Gasteiger partial charge on any atom is 0.214 e. The van der Waals surface area contributed by atoms with Gasteiger partial charge in [-0.25, -0.2) is 8.42 Å². The molecule has 0 aromatic carbocycles. The van der Waals surface area contributed by atoms with Gasteiger partial charge in [-0.1, -0.05) is 19.4 Å². The summed E-state index contributed by atoms with van der Waals surface area (Å²) in [5.74, 6) is 0.129. The molecule has 0 saturated heterocycles. The van der Waals surface area contributed by atoms with Crippen LogP contribution in [0.5, 0.6) is 0 Å². The monoisotopic (exact) mass is 272 g/mol. The van der Waals surface area contributed by atoms with E-state index in [1.807, 2.05) is 13.0 Å². The zero-order chi connectivity index (χ0) is 13.4. The minimum atomic E-state index is -3.30. The Hall–Kier alpha value is -0.980. The van der Waals surface area contributed by atoms with E-state index >= 15 is 0 Å². The third-order valence-electron chi connectivity index (χ3n) is 2.58. The third kappa shape index (κ3) is 4.72. The number of nitrogens with zero attached hydrogens (tertiary/aromatic N) is 2. The Labute approximate surface area is 109 Å². The van der Waals surface area contributed by atoms with E-state index in [4.69, 9.17) is 5.11 Å². The lowest BCUT2D eigenvalue weighted by atomic mass is 10.3. The summed E-state index contributed by atoms with van der Waals surface area (Å²) in [4.78, 5) is 3.96. The van der Waals surface area contributed by atoms with Gasteiger partial charge in [0, 0.05) is 25.5 Å². The highest BCUT2D eigenvalue weighted by Crippen LogP contribution is 2.10. The molecule has 0 radical (unpaired) electrons.